The number of urea groups is 1. The van der Waals surface area contributed by atoms with E-state index in [2.05, 4.69) is 10.0 Å². The molecule has 11 heteroatoms. The molecule has 0 spiro atoms. The van der Waals surface area contributed by atoms with Gasteiger partial charge in [-0.25, -0.2) is 17.9 Å². The Morgan fingerprint density at radius 3 is 2.28 bits per heavy atom. The Bertz CT molecular complexity index is 1080. The largest absolute Gasteiger partial charge is 0.497 e. The molecular formula is C21H25N3O7S. The molecule has 10 nitrogen and oxygen atoms in total. The van der Waals surface area contributed by atoms with Gasteiger partial charge in [0.1, 0.15) is 5.75 Å². The summed E-state index contributed by atoms with van der Waals surface area (Å²) >= 11 is 0. The number of imide groups is 1. The van der Waals surface area contributed by atoms with Gasteiger partial charge in [-0.3, -0.25) is 14.9 Å². The van der Waals surface area contributed by atoms with Crippen LogP contribution in [-0.2, 0) is 24.3 Å². The minimum absolute atomic E-state index is 0.0147. The molecule has 0 atom stereocenters. The molecule has 0 heterocycles. The summed E-state index contributed by atoms with van der Waals surface area (Å²) in [6.07, 6.45) is -0.294. The first-order chi connectivity index (χ1) is 15.1. The zero-order valence-corrected chi connectivity index (χ0v) is 18.7. The van der Waals surface area contributed by atoms with E-state index in [1.165, 1.54) is 31.4 Å². The van der Waals surface area contributed by atoms with Gasteiger partial charge in [-0.15, -0.1) is 0 Å². The van der Waals surface area contributed by atoms with Crippen LogP contribution >= 0.6 is 0 Å². The third-order valence-corrected chi connectivity index (χ3v) is 5.85. The number of hydrogen-bond donors (Lipinski definition) is 3. The second-order valence-corrected chi connectivity index (χ2v) is 8.55. The monoisotopic (exact) mass is 463 g/mol. The lowest BCUT2D eigenvalue weighted by Gasteiger charge is -2.09. The molecule has 0 aromatic heterocycles. The van der Waals surface area contributed by atoms with E-state index in [1.54, 1.807) is 12.1 Å². The maximum absolute atomic E-state index is 12.2. The second-order valence-electron chi connectivity index (χ2n) is 6.79. The van der Waals surface area contributed by atoms with Gasteiger partial charge >= 0.3 is 12.0 Å². The van der Waals surface area contributed by atoms with Crippen LogP contribution in [0.25, 0.3) is 0 Å². The lowest BCUT2D eigenvalue weighted by molar-refractivity contribution is -0.148. The number of rotatable bonds is 9. The molecular weight excluding hydrogens is 438 g/mol. The van der Waals surface area contributed by atoms with Crippen molar-refractivity contribution in [2.45, 2.75) is 25.2 Å². The van der Waals surface area contributed by atoms with Crippen LogP contribution in [0.4, 0.5) is 10.5 Å². The van der Waals surface area contributed by atoms with Crippen molar-refractivity contribution in [2.24, 2.45) is 0 Å². The Morgan fingerprint density at radius 1 is 0.969 bits per heavy atom. The smallest absolute Gasteiger partial charge is 0.325 e. The zero-order valence-electron chi connectivity index (χ0n) is 17.9. The molecule has 0 unspecified atom stereocenters. The summed E-state index contributed by atoms with van der Waals surface area (Å²) in [6.45, 7) is 2.92. The molecule has 3 amide bonds. The summed E-state index contributed by atoms with van der Waals surface area (Å²) in [7, 11) is -2.35. The quantitative estimate of drug-likeness (QED) is 0.482. The third-order valence-electron chi connectivity index (χ3n) is 4.37. The fraction of sp³-hybridized carbons (Fsp3) is 0.286. The van der Waals surface area contributed by atoms with Crippen LogP contribution in [0.5, 0.6) is 5.75 Å². The van der Waals surface area contributed by atoms with Gasteiger partial charge in [0, 0.05) is 12.2 Å². The number of benzene rings is 2. The maximum atomic E-state index is 12.2. The van der Waals surface area contributed by atoms with Gasteiger partial charge in [-0.2, -0.15) is 0 Å². The highest BCUT2D eigenvalue weighted by Gasteiger charge is 2.16. The molecule has 0 aliphatic rings. The number of amides is 3. The SMILES string of the molecule is COc1ccc(S(=O)(=O)NCCC(=O)OCC(=O)NC(=O)Nc2ccc(C)c(C)c2)cc1. The normalized spacial score (nSPS) is 10.8. The van der Waals surface area contributed by atoms with E-state index in [4.69, 9.17) is 9.47 Å². The first-order valence-corrected chi connectivity index (χ1v) is 11.1. The van der Waals surface area contributed by atoms with E-state index < -0.39 is 34.5 Å². The van der Waals surface area contributed by atoms with Crippen LogP contribution in [0, 0.1) is 13.8 Å². The van der Waals surface area contributed by atoms with Crippen LogP contribution in [-0.4, -0.2) is 46.6 Å². The third kappa shape index (κ3) is 7.67. The highest BCUT2D eigenvalue weighted by molar-refractivity contribution is 7.89. The fourth-order valence-electron chi connectivity index (χ4n) is 2.49. The van der Waals surface area contributed by atoms with E-state index in [9.17, 15) is 22.8 Å². The van der Waals surface area contributed by atoms with Gasteiger partial charge in [0.15, 0.2) is 6.61 Å². The molecule has 0 saturated carbocycles. The Hall–Kier alpha value is -3.44. The Morgan fingerprint density at radius 2 is 1.66 bits per heavy atom. The van der Waals surface area contributed by atoms with Crippen molar-refractivity contribution in [2.75, 3.05) is 25.6 Å². The van der Waals surface area contributed by atoms with Crippen molar-refractivity contribution in [3.63, 3.8) is 0 Å². The standard InChI is InChI=1S/C21H25N3O7S/c1-14-4-5-16(12-15(14)2)23-21(27)24-19(25)13-31-20(26)10-11-22-32(28,29)18-8-6-17(30-3)7-9-18/h4-9,12,22H,10-11,13H2,1-3H3,(H2,23,24,25,27). The molecule has 0 saturated heterocycles. The van der Waals surface area contributed by atoms with Crippen molar-refractivity contribution < 1.29 is 32.3 Å². The summed E-state index contributed by atoms with van der Waals surface area (Å²) in [5, 5.41) is 4.55. The van der Waals surface area contributed by atoms with Gasteiger partial charge < -0.3 is 14.8 Å². The lowest BCUT2D eigenvalue weighted by atomic mass is 10.1. The van der Waals surface area contributed by atoms with Gasteiger partial charge in [-0.1, -0.05) is 6.07 Å². The van der Waals surface area contributed by atoms with E-state index in [0.717, 1.165) is 11.1 Å². The molecule has 3 N–H and O–H groups in total. The summed E-state index contributed by atoms with van der Waals surface area (Å²) in [5.74, 6) is -1.11. The van der Waals surface area contributed by atoms with E-state index >= 15 is 0 Å². The van der Waals surface area contributed by atoms with Crippen molar-refractivity contribution in [3.05, 3.63) is 53.6 Å². The van der Waals surface area contributed by atoms with Crippen molar-refractivity contribution >= 4 is 33.6 Å². The topological polar surface area (TPSA) is 140 Å². The first-order valence-electron chi connectivity index (χ1n) is 9.58. The Labute approximate surface area is 186 Å². The highest BCUT2D eigenvalue weighted by Crippen LogP contribution is 2.15. The van der Waals surface area contributed by atoms with Gasteiger partial charge in [0.25, 0.3) is 5.91 Å². The maximum Gasteiger partial charge on any atom is 0.325 e. The molecule has 0 radical (unpaired) electrons. The number of anilines is 1. The summed E-state index contributed by atoms with van der Waals surface area (Å²) in [4.78, 5) is 35.4. The number of methoxy groups -OCH3 is 1. The number of aryl methyl sites for hydroxylation is 2. The number of esters is 1. The number of ether oxygens (including phenoxy) is 2. The van der Waals surface area contributed by atoms with Crippen molar-refractivity contribution in [1.82, 2.24) is 10.0 Å². The van der Waals surface area contributed by atoms with Crippen molar-refractivity contribution in [3.8, 4) is 5.75 Å². The molecule has 0 bridgehead atoms. The molecule has 172 valence electrons. The average Bonchev–Trinajstić information content (AvgIpc) is 2.74. The first kappa shape index (κ1) is 24.8. The van der Waals surface area contributed by atoms with Crippen LogP contribution in [0.2, 0.25) is 0 Å². The Balaban J connectivity index is 1.70. The lowest BCUT2D eigenvalue weighted by Crippen LogP contribution is -2.37. The van der Waals surface area contributed by atoms with E-state index in [0.29, 0.717) is 11.4 Å². The average molecular weight is 464 g/mol. The summed E-state index contributed by atoms with van der Waals surface area (Å²) in [6, 6.07) is 10.2. The summed E-state index contributed by atoms with van der Waals surface area (Å²) in [5.41, 5.74) is 2.55. The van der Waals surface area contributed by atoms with Crippen molar-refractivity contribution in [1.29, 1.82) is 0 Å². The van der Waals surface area contributed by atoms with Crippen LogP contribution < -0.4 is 20.1 Å². The number of nitrogens with one attached hydrogen (secondary N) is 3. The Kier molecular flexibility index (Phi) is 8.73. The molecule has 0 aliphatic heterocycles. The molecule has 32 heavy (non-hydrogen) atoms. The number of sulfonamides is 1. The minimum Gasteiger partial charge on any atom is -0.497 e. The minimum atomic E-state index is -3.81. The second kappa shape index (κ2) is 11.3. The number of hydrogen-bond acceptors (Lipinski definition) is 7. The van der Waals surface area contributed by atoms with Crippen LogP contribution in [0.1, 0.15) is 17.5 Å². The zero-order chi connectivity index (χ0) is 23.7. The van der Waals surface area contributed by atoms with Gasteiger partial charge in [0.05, 0.1) is 18.4 Å². The summed E-state index contributed by atoms with van der Waals surface area (Å²) < 4.78 is 36.3. The van der Waals surface area contributed by atoms with Crippen LogP contribution in [0.3, 0.4) is 0 Å². The molecule has 2 rings (SSSR count). The predicted octanol–water partition coefficient (Wildman–Crippen LogP) is 1.87. The van der Waals surface area contributed by atoms with Gasteiger partial charge in [0.2, 0.25) is 10.0 Å². The molecule has 2 aromatic carbocycles. The van der Waals surface area contributed by atoms with E-state index in [-0.39, 0.29) is 17.9 Å². The molecule has 0 fully saturated rings. The van der Waals surface area contributed by atoms with Crippen LogP contribution in [0.15, 0.2) is 47.4 Å². The highest BCUT2D eigenvalue weighted by atomic mass is 32.2. The molecule has 0 aliphatic carbocycles. The number of carbonyl (C=O) groups is 3. The number of carbonyl (C=O) groups excluding carboxylic acids is 3. The fourth-order valence-corrected chi connectivity index (χ4v) is 3.52. The molecule has 2 aromatic rings. The predicted molar refractivity (Wildman–Crippen MR) is 117 cm³/mol. The van der Waals surface area contributed by atoms with Gasteiger partial charge in [-0.05, 0) is 61.4 Å². The van der Waals surface area contributed by atoms with E-state index in [1.807, 2.05) is 25.2 Å².